The van der Waals surface area contributed by atoms with E-state index >= 15 is 0 Å². The summed E-state index contributed by atoms with van der Waals surface area (Å²) in [5.74, 6) is 0.802. The number of ether oxygens (including phenoxy) is 1. The summed E-state index contributed by atoms with van der Waals surface area (Å²) in [5.41, 5.74) is 1.99. The van der Waals surface area contributed by atoms with Gasteiger partial charge in [0.2, 0.25) is 0 Å². The van der Waals surface area contributed by atoms with Gasteiger partial charge < -0.3 is 9.64 Å². The molecule has 130 valence electrons. The van der Waals surface area contributed by atoms with Crippen molar-refractivity contribution in [3.63, 3.8) is 0 Å². The van der Waals surface area contributed by atoms with Crippen molar-refractivity contribution in [2.75, 3.05) is 13.7 Å². The summed E-state index contributed by atoms with van der Waals surface area (Å²) in [6.07, 6.45) is 1.82. The number of thioether (sulfide) groups is 1. The first-order chi connectivity index (χ1) is 12.1. The maximum atomic E-state index is 6.36. The number of aromatic nitrogens is 1. The van der Waals surface area contributed by atoms with E-state index in [4.69, 9.17) is 21.3 Å². The minimum absolute atomic E-state index is 0.0206. The third-order valence-corrected chi connectivity index (χ3v) is 6.35. The van der Waals surface area contributed by atoms with Crippen molar-refractivity contribution in [1.82, 2.24) is 9.88 Å². The predicted octanol–water partition coefficient (Wildman–Crippen LogP) is 5.10. The van der Waals surface area contributed by atoms with Crippen molar-refractivity contribution in [2.45, 2.75) is 24.3 Å². The van der Waals surface area contributed by atoms with E-state index in [0.717, 1.165) is 33.2 Å². The number of halogens is 2. The van der Waals surface area contributed by atoms with Crippen LogP contribution < -0.4 is 4.74 Å². The molecule has 0 amide bonds. The molecular weight excluding hydrogens is 422 g/mol. The number of hydrogen-bond acceptors (Lipinski definition) is 5. The Hall–Kier alpha value is -1.24. The van der Waals surface area contributed by atoms with Gasteiger partial charge in [0.1, 0.15) is 11.8 Å². The first kappa shape index (κ1) is 17.2. The highest BCUT2D eigenvalue weighted by Gasteiger charge is 2.44. The van der Waals surface area contributed by atoms with Gasteiger partial charge in [0.15, 0.2) is 5.17 Å². The molecule has 0 spiro atoms. The van der Waals surface area contributed by atoms with Crippen molar-refractivity contribution in [2.24, 2.45) is 4.99 Å². The molecule has 1 aromatic carbocycles. The highest BCUT2D eigenvalue weighted by Crippen LogP contribution is 2.51. The molecule has 3 heterocycles. The monoisotopic (exact) mass is 437 g/mol. The minimum Gasteiger partial charge on any atom is -0.495 e. The van der Waals surface area contributed by atoms with Crippen molar-refractivity contribution in [3.8, 4) is 5.75 Å². The molecule has 3 atom stereocenters. The van der Waals surface area contributed by atoms with Gasteiger partial charge in [0.05, 0.1) is 23.3 Å². The third kappa shape index (κ3) is 3.04. The van der Waals surface area contributed by atoms with Crippen LogP contribution in [0.3, 0.4) is 0 Å². The number of methoxy groups -OCH3 is 1. The Morgan fingerprint density at radius 3 is 2.92 bits per heavy atom. The first-order valence-corrected chi connectivity index (χ1v) is 10.1. The Balaban J connectivity index is 1.86. The van der Waals surface area contributed by atoms with Gasteiger partial charge in [-0.3, -0.25) is 9.98 Å². The van der Waals surface area contributed by atoms with E-state index in [-0.39, 0.29) is 12.1 Å². The molecular formula is C18H17BrClN3OS. The number of benzene rings is 1. The molecule has 2 aliphatic heterocycles. The second-order valence-electron chi connectivity index (χ2n) is 6.15. The number of amidine groups is 1. The summed E-state index contributed by atoms with van der Waals surface area (Å²) >= 11 is 11.8. The predicted molar refractivity (Wildman–Crippen MR) is 107 cm³/mol. The minimum atomic E-state index is -0.0736. The van der Waals surface area contributed by atoms with Gasteiger partial charge in [-0.1, -0.05) is 36.4 Å². The van der Waals surface area contributed by atoms with Crippen LogP contribution in [0.25, 0.3) is 0 Å². The smallest absolute Gasteiger partial charge is 0.160 e. The Morgan fingerprint density at radius 2 is 2.20 bits per heavy atom. The highest BCUT2D eigenvalue weighted by molar-refractivity contribution is 9.10. The largest absolute Gasteiger partial charge is 0.495 e. The molecule has 0 bridgehead atoms. The van der Waals surface area contributed by atoms with Gasteiger partial charge >= 0.3 is 0 Å². The average Bonchev–Trinajstić information content (AvgIpc) is 3.10. The van der Waals surface area contributed by atoms with E-state index in [1.54, 1.807) is 7.11 Å². The SMILES string of the molecule is COc1c(Br)cc(Cl)cc1[C@@H]1[C@@H](c2ccccn2)N=C2S[C@@H](C)CN21. The van der Waals surface area contributed by atoms with Gasteiger partial charge in [-0.25, -0.2) is 0 Å². The van der Waals surface area contributed by atoms with Crippen LogP contribution in [0.1, 0.15) is 30.3 Å². The topological polar surface area (TPSA) is 37.7 Å². The van der Waals surface area contributed by atoms with Gasteiger partial charge in [0.25, 0.3) is 0 Å². The van der Waals surface area contributed by atoms with Crippen molar-refractivity contribution in [3.05, 3.63) is 57.3 Å². The van der Waals surface area contributed by atoms with Crippen LogP contribution in [0.15, 0.2) is 46.0 Å². The first-order valence-electron chi connectivity index (χ1n) is 8.03. The number of hydrogen-bond donors (Lipinski definition) is 0. The number of fused-ring (bicyclic) bond motifs is 1. The number of nitrogens with zero attached hydrogens (tertiary/aromatic N) is 3. The molecule has 4 rings (SSSR count). The molecule has 0 N–H and O–H groups in total. The molecule has 0 aliphatic carbocycles. The molecule has 0 saturated carbocycles. The van der Waals surface area contributed by atoms with Crippen LogP contribution in [-0.4, -0.2) is 34.0 Å². The fourth-order valence-corrected chi connectivity index (χ4v) is 5.56. The number of pyridine rings is 1. The maximum Gasteiger partial charge on any atom is 0.160 e. The maximum absolute atomic E-state index is 6.36. The van der Waals surface area contributed by atoms with Gasteiger partial charge in [-0.15, -0.1) is 0 Å². The van der Waals surface area contributed by atoms with Crippen LogP contribution in [0.5, 0.6) is 5.75 Å². The van der Waals surface area contributed by atoms with Gasteiger partial charge in [-0.05, 0) is 40.2 Å². The summed E-state index contributed by atoms with van der Waals surface area (Å²) in [6.45, 7) is 3.17. The second-order valence-corrected chi connectivity index (χ2v) is 8.84. The van der Waals surface area contributed by atoms with E-state index in [2.05, 4.69) is 32.7 Å². The highest BCUT2D eigenvalue weighted by atomic mass is 79.9. The average molecular weight is 439 g/mol. The lowest BCUT2D eigenvalue weighted by molar-refractivity contribution is 0.307. The molecule has 4 nitrogen and oxygen atoms in total. The molecule has 1 saturated heterocycles. The zero-order valence-electron chi connectivity index (χ0n) is 13.8. The van der Waals surface area contributed by atoms with E-state index in [9.17, 15) is 0 Å². The standard InChI is InChI=1S/C18H17BrClN3OS/c1-10-9-23-16(12-7-11(20)8-13(19)17(12)24-2)15(22-18(23)25-10)14-5-3-4-6-21-14/h3-8,10,15-16H,9H2,1-2H3/t10-,15+,16+/m0/s1. The van der Waals surface area contributed by atoms with Gasteiger partial charge in [0, 0.05) is 28.6 Å². The number of aliphatic imine (C=N–C) groups is 1. The summed E-state index contributed by atoms with van der Waals surface area (Å²) < 4.78 is 6.55. The fraction of sp³-hybridized carbons (Fsp3) is 0.333. The molecule has 2 aromatic rings. The molecule has 0 radical (unpaired) electrons. The number of rotatable bonds is 3. The lowest BCUT2D eigenvalue weighted by Gasteiger charge is -2.29. The quantitative estimate of drug-likeness (QED) is 0.668. The normalized spacial score (nSPS) is 25.0. The van der Waals surface area contributed by atoms with E-state index in [1.807, 2.05) is 48.3 Å². The van der Waals surface area contributed by atoms with Crippen LogP contribution in [0.2, 0.25) is 5.02 Å². The Labute approximate surface area is 164 Å². The van der Waals surface area contributed by atoms with E-state index in [0.29, 0.717) is 10.3 Å². The summed E-state index contributed by atoms with van der Waals surface area (Å²) in [5, 5.41) is 2.27. The van der Waals surface area contributed by atoms with E-state index in [1.165, 1.54) is 0 Å². The summed E-state index contributed by atoms with van der Waals surface area (Å²) in [6, 6.07) is 9.75. The molecule has 7 heteroatoms. The molecule has 25 heavy (non-hydrogen) atoms. The van der Waals surface area contributed by atoms with Crippen LogP contribution >= 0.6 is 39.3 Å². The fourth-order valence-electron chi connectivity index (χ4n) is 3.47. The molecule has 1 fully saturated rings. The summed E-state index contributed by atoms with van der Waals surface area (Å²) in [4.78, 5) is 11.9. The van der Waals surface area contributed by atoms with Crippen LogP contribution in [-0.2, 0) is 0 Å². The zero-order valence-corrected chi connectivity index (χ0v) is 17.0. The summed E-state index contributed by atoms with van der Waals surface area (Å²) in [7, 11) is 1.69. The molecule has 0 unspecified atom stereocenters. The molecule has 2 aliphatic rings. The van der Waals surface area contributed by atoms with Crippen molar-refractivity contribution in [1.29, 1.82) is 0 Å². The van der Waals surface area contributed by atoms with Crippen molar-refractivity contribution >= 4 is 44.5 Å². The van der Waals surface area contributed by atoms with Crippen LogP contribution in [0, 0.1) is 0 Å². The molecule has 1 aromatic heterocycles. The second kappa shape index (κ2) is 6.82. The van der Waals surface area contributed by atoms with E-state index < -0.39 is 0 Å². The Morgan fingerprint density at radius 1 is 1.36 bits per heavy atom. The lowest BCUT2D eigenvalue weighted by atomic mass is 9.95. The van der Waals surface area contributed by atoms with Gasteiger partial charge in [-0.2, -0.15) is 0 Å². The Kier molecular flexibility index (Phi) is 4.69. The lowest BCUT2D eigenvalue weighted by Crippen LogP contribution is -2.29. The third-order valence-electron chi connectivity index (χ3n) is 4.44. The van der Waals surface area contributed by atoms with Crippen LogP contribution in [0.4, 0.5) is 0 Å². The van der Waals surface area contributed by atoms with Crippen molar-refractivity contribution < 1.29 is 4.74 Å². The Bertz CT molecular complexity index is 833. The zero-order chi connectivity index (χ0) is 17.6.